The fourth-order valence-electron chi connectivity index (χ4n) is 1.68. The molecule has 20 heavy (non-hydrogen) atoms. The van der Waals surface area contributed by atoms with Crippen LogP contribution in [-0.2, 0) is 10.0 Å². The molecule has 0 amide bonds. The first-order valence-corrected chi connectivity index (χ1v) is 7.23. The van der Waals surface area contributed by atoms with E-state index in [1.807, 2.05) is 6.07 Å². The average molecular weight is 297 g/mol. The molecular weight excluding hydrogens is 282 g/mol. The van der Waals surface area contributed by atoms with Crippen molar-refractivity contribution in [1.82, 2.24) is 0 Å². The minimum atomic E-state index is -3.97. The second kappa shape index (κ2) is 5.90. The topological polar surface area (TPSA) is 124 Å². The summed E-state index contributed by atoms with van der Waals surface area (Å²) in [6, 6.07) is 5.42. The number of carboxylic acid groups (broad SMARTS) is 1. The summed E-state index contributed by atoms with van der Waals surface area (Å²) in [4.78, 5) is 12.6. The van der Waals surface area contributed by atoms with E-state index in [2.05, 4.69) is 0 Å². The van der Waals surface area contributed by atoms with Crippen LogP contribution in [0.4, 0.5) is 5.69 Å². The second-order valence-corrected chi connectivity index (χ2v) is 5.91. The van der Waals surface area contributed by atoms with Gasteiger partial charge in [-0.25, -0.2) is 18.4 Å². The zero-order valence-electron chi connectivity index (χ0n) is 11.1. The number of nitrogens with zero attached hydrogens (tertiary/aromatic N) is 2. The van der Waals surface area contributed by atoms with Crippen LogP contribution in [0.3, 0.4) is 0 Å². The van der Waals surface area contributed by atoms with Crippen molar-refractivity contribution in [1.29, 1.82) is 5.26 Å². The third-order valence-corrected chi connectivity index (χ3v) is 3.87. The highest BCUT2D eigenvalue weighted by Crippen LogP contribution is 2.25. The molecule has 0 spiro atoms. The molecule has 0 fully saturated rings. The summed E-state index contributed by atoms with van der Waals surface area (Å²) in [5.41, 5.74) is 0.150. The Morgan fingerprint density at radius 3 is 2.60 bits per heavy atom. The Kier molecular flexibility index (Phi) is 4.70. The number of benzene rings is 1. The highest BCUT2D eigenvalue weighted by atomic mass is 32.2. The minimum absolute atomic E-state index is 0.177. The SMILES string of the molecule is CC(CC#N)N(C)c1ccc(S(N)(=O)=O)cc1C(=O)O. The van der Waals surface area contributed by atoms with E-state index >= 15 is 0 Å². The van der Waals surface area contributed by atoms with Gasteiger partial charge in [0.1, 0.15) is 0 Å². The van der Waals surface area contributed by atoms with Crippen LogP contribution in [0.15, 0.2) is 23.1 Å². The lowest BCUT2D eigenvalue weighted by molar-refractivity contribution is 0.0697. The number of nitrogens with two attached hydrogens (primary N) is 1. The van der Waals surface area contributed by atoms with Crippen molar-refractivity contribution < 1.29 is 18.3 Å². The number of sulfonamides is 1. The van der Waals surface area contributed by atoms with Crippen molar-refractivity contribution >= 4 is 21.7 Å². The van der Waals surface area contributed by atoms with Gasteiger partial charge in [0.05, 0.1) is 28.6 Å². The van der Waals surface area contributed by atoms with Gasteiger partial charge in [0.25, 0.3) is 0 Å². The van der Waals surface area contributed by atoms with Crippen LogP contribution in [0.25, 0.3) is 0 Å². The molecule has 0 saturated carbocycles. The van der Waals surface area contributed by atoms with E-state index in [1.165, 1.54) is 12.1 Å². The Bertz CT molecular complexity index is 664. The maximum atomic E-state index is 11.3. The molecule has 0 aromatic heterocycles. The van der Waals surface area contributed by atoms with E-state index in [9.17, 15) is 18.3 Å². The van der Waals surface area contributed by atoms with Crippen LogP contribution in [0.2, 0.25) is 0 Å². The van der Waals surface area contributed by atoms with Crippen molar-refractivity contribution in [2.75, 3.05) is 11.9 Å². The zero-order valence-corrected chi connectivity index (χ0v) is 11.9. The number of anilines is 1. The van der Waals surface area contributed by atoms with E-state index in [0.29, 0.717) is 5.69 Å². The first-order chi connectivity index (χ1) is 9.18. The molecule has 1 aromatic carbocycles. The van der Waals surface area contributed by atoms with Gasteiger partial charge in [-0.2, -0.15) is 5.26 Å². The molecule has 0 aliphatic heterocycles. The van der Waals surface area contributed by atoms with Crippen LogP contribution in [0.1, 0.15) is 23.7 Å². The van der Waals surface area contributed by atoms with Crippen molar-refractivity contribution in [3.63, 3.8) is 0 Å². The molecule has 0 aliphatic rings. The van der Waals surface area contributed by atoms with E-state index < -0.39 is 16.0 Å². The van der Waals surface area contributed by atoms with Gasteiger partial charge in [-0.05, 0) is 25.1 Å². The first-order valence-electron chi connectivity index (χ1n) is 5.68. The minimum Gasteiger partial charge on any atom is -0.478 e. The molecule has 1 unspecified atom stereocenters. The number of hydrogen-bond donors (Lipinski definition) is 2. The third-order valence-electron chi connectivity index (χ3n) is 2.95. The molecule has 0 radical (unpaired) electrons. The van der Waals surface area contributed by atoms with Gasteiger partial charge in [0.15, 0.2) is 0 Å². The Balaban J connectivity index is 3.35. The number of aromatic carboxylic acids is 1. The zero-order chi connectivity index (χ0) is 15.5. The fourth-order valence-corrected chi connectivity index (χ4v) is 2.22. The van der Waals surface area contributed by atoms with E-state index in [-0.39, 0.29) is 22.9 Å². The van der Waals surface area contributed by atoms with Gasteiger partial charge < -0.3 is 10.0 Å². The largest absolute Gasteiger partial charge is 0.478 e. The molecule has 1 aromatic rings. The highest BCUT2D eigenvalue weighted by Gasteiger charge is 2.20. The Hall–Kier alpha value is -2.11. The quantitative estimate of drug-likeness (QED) is 0.827. The second-order valence-electron chi connectivity index (χ2n) is 4.35. The monoisotopic (exact) mass is 297 g/mol. The lowest BCUT2D eigenvalue weighted by atomic mass is 10.1. The number of nitriles is 1. The summed E-state index contributed by atoms with van der Waals surface area (Å²) in [5.74, 6) is -1.26. The van der Waals surface area contributed by atoms with Gasteiger partial charge in [-0.3, -0.25) is 0 Å². The van der Waals surface area contributed by atoms with E-state index in [1.54, 1.807) is 18.9 Å². The Morgan fingerprint density at radius 1 is 1.55 bits per heavy atom. The van der Waals surface area contributed by atoms with Crippen molar-refractivity contribution in [2.24, 2.45) is 5.14 Å². The van der Waals surface area contributed by atoms with Gasteiger partial charge in [-0.1, -0.05) is 0 Å². The molecule has 0 aliphatic carbocycles. The molecular formula is C12H15N3O4S. The number of carbonyl (C=O) groups is 1. The average Bonchev–Trinajstić information content (AvgIpc) is 2.36. The van der Waals surface area contributed by atoms with Gasteiger partial charge >= 0.3 is 5.97 Å². The molecule has 7 nitrogen and oxygen atoms in total. The number of rotatable bonds is 5. The molecule has 0 heterocycles. The smallest absolute Gasteiger partial charge is 0.337 e. The molecule has 0 saturated heterocycles. The Labute approximate surface area is 117 Å². The maximum Gasteiger partial charge on any atom is 0.337 e. The molecule has 8 heteroatoms. The van der Waals surface area contributed by atoms with Crippen LogP contribution in [0.5, 0.6) is 0 Å². The standard InChI is InChI=1S/C12H15N3O4S/c1-8(5-6-13)15(2)11-4-3-9(20(14,18)19)7-10(11)12(16)17/h3-4,7-8H,5H2,1-2H3,(H,16,17)(H2,14,18,19). The van der Waals surface area contributed by atoms with Crippen LogP contribution < -0.4 is 10.0 Å². The van der Waals surface area contributed by atoms with E-state index in [0.717, 1.165) is 6.07 Å². The third kappa shape index (κ3) is 3.46. The van der Waals surface area contributed by atoms with Gasteiger partial charge in [0, 0.05) is 13.1 Å². The number of hydrogen-bond acceptors (Lipinski definition) is 5. The number of primary sulfonamides is 1. The maximum absolute atomic E-state index is 11.3. The van der Waals surface area contributed by atoms with Crippen LogP contribution >= 0.6 is 0 Å². The molecule has 3 N–H and O–H groups in total. The summed E-state index contributed by atoms with van der Waals surface area (Å²) >= 11 is 0. The first kappa shape index (κ1) is 15.9. The highest BCUT2D eigenvalue weighted by molar-refractivity contribution is 7.89. The Morgan fingerprint density at radius 2 is 2.15 bits per heavy atom. The van der Waals surface area contributed by atoms with Crippen molar-refractivity contribution in [3.05, 3.63) is 23.8 Å². The van der Waals surface area contributed by atoms with Gasteiger partial charge in [-0.15, -0.1) is 0 Å². The molecule has 1 atom stereocenters. The summed E-state index contributed by atoms with van der Waals surface area (Å²) in [6.07, 6.45) is 0.215. The normalized spacial score (nSPS) is 12.5. The summed E-state index contributed by atoms with van der Waals surface area (Å²) in [5, 5.41) is 22.8. The predicted molar refractivity (Wildman–Crippen MR) is 72.9 cm³/mol. The molecule has 1 rings (SSSR count). The lowest BCUT2D eigenvalue weighted by Gasteiger charge is -2.26. The van der Waals surface area contributed by atoms with E-state index in [4.69, 9.17) is 10.4 Å². The summed E-state index contributed by atoms with van der Waals surface area (Å²) < 4.78 is 22.5. The fraction of sp³-hybridized carbons (Fsp3) is 0.333. The predicted octanol–water partition coefficient (Wildman–Crippen LogP) is 0.771. The van der Waals surface area contributed by atoms with Crippen LogP contribution in [-0.4, -0.2) is 32.6 Å². The van der Waals surface area contributed by atoms with Crippen molar-refractivity contribution in [3.8, 4) is 6.07 Å². The summed E-state index contributed by atoms with van der Waals surface area (Å²) in [6.45, 7) is 1.77. The van der Waals surface area contributed by atoms with Crippen molar-refractivity contribution in [2.45, 2.75) is 24.3 Å². The van der Waals surface area contributed by atoms with Gasteiger partial charge in [0.2, 0.25) is 10.0 Å². The summed E-state index contributed by atoms with van der Waals surface area (Å²) in [7, 11) is -2.33. The van der Waals surface area contributed by atoms with Crippen LogP contribution in [0, 0.1) is 11.3 Å². The lowest BCUT2D eigenvalue weighted by Crippen LogP contribution is -2.30. The molecule has 108 valence electrons. The molecule has 0 bridgehead atoms. The number of carboxylic acids is 1.